The number of rotatable bonds is 1. The van der Waals surface area contributed by atoms with Crippen molar-refractivity contribution in [2.75, 3.05) is 13.1 Å². The maximum atomic E-state index is 12.0. The standard InChI is InChI=1S/C12H11N3O/c13-6-10-7-15(8-11(10)14)12(16)9-4-2-1-3-5-9/h1-5H,7-8,14H2. The van der Waals surface area contributed by atoms with Crippen LogP contribution in [0.2, 0.25) is 0 Å². The molecule has 0 spiro atoms. The highest BCUT2D eigenvalue weighted by atomic mass is 16.2. The first kappa shape index (κ1) is 10.2. The molecule has 0 saturated heterocycles. The smallest absolute Gasteiger partial charge is 0.254 e. The van der Waals surface area contributed by atoms with Gasteiger partial charge in [0.15, 0.2) is 0 Å². The second-order valence-electron chi connectivity index (χ2n) is 3.64. The third-order valence-corrected chi connectivity index (χ3v) is 2.54. The number of benzene rings is 1. The van der Waals surface area contributed by atoms with E-state index in [-0.39, 0.29) is 5.91 Å². The van der Waals surface area contributed by atoms with Gasteiger partial charge in [0.05, 0.1) is 24.7 Å². The van der Waals surface area contributed by atoms with E-state index < -0.39 is 0 Å². The lowest BCUT2D eigenvalue weighted by molar-refractivity contribution is 0.0796. The average molecular weight is 213 g/mol. The van der Waals surface area contributed by atoms with E-state index in [2.05, 4.69) is 0 Å². The molecule has 4 nitrogen and oxygen atoms in total. The van der Waals surface area contributed by atoms with E-state index in [4.69, 9.17) is 11.0 Å². The lowest BCUT2D eigenvalue weighted by atomic mass is 10.2. The van der Waals surface area contributed by atoms with Crippen LogP contribution in [0.5, 0.6) is 0 Å². The summed E-state index contributed by atoms with van der Waals surface area (Å²) in [6, 6.07) is 11.0. The number of nitriles is 1. The van der Waals surface area contributed by atoms with Gasteiger partial charge in [0.25, 0.3) is 5.91 Å². The minimum atomic E-state index is -0.0891. The van der Waals surface area contributed by atoms with Gasteiger partial charge in [-0.2, -0.15) is 5.26 Å². The summed E-state index contributed by atoms with van der Waals surface area (Å²) in [7, 11) is 0. The molecule has 2 N–H and O–H groups in total. The van der Waals surface area contributed by atoms with E-state index in [1.165, 1.54) is 0 Å². The van der Waals surface area contributed by atoms with Crippen LogP contribution in [0.15, 0.2) is 41.6 Å². The second kappa shape index (κ2) is 4.07. The highest BCUT2D eigenvalue weighted by molar-refractivity contribution is 5.94. The number of carbonyl (C=O) groups is 1. The van der Waals surface area contributed by atoms with E-state index in [1.54, 1.807) is 17.0 Å². The van der Waals surface area contributed by atoms with Crippen molar-refractivity contribution in [3.63, 3.8) is 0 Å². The predicted molar refractivity (Wildman–Crippen MR) is 59.2 cm³/mol. The summed E-state index contributed by atoms with van der Waals surface area (Å²) in [5.74, 6) is -0.0891. The number of carbonyl (C=O) groups excluding carboxylic acids is 1. The number of nitrogens with zero attached hydrogens (tertiary/aromatic N) is 2. The van der Waals surface area contributed by atoms with Gasteiger partial charge in [0.1, 0.15) is 0 Å². The van der Waals surface area contributed by atoms with Gasteiger partial charge in [0, 0.05) is 11.3 Å². The van der Waals surface area contributed by atoms with Crippen LogP contribution in [0.4, 0.5) is 0 Å². The number of amides is 1. The summed E-state index contributed by atoms with van der Waals surface area (Å²) in [4.78, 5) is 13.6. The molecule has 1 aliphatic rings. The van der Waals surface area contributed by atoms with E-state index in [9.17, 15) is 4.79 Å². The van der Waals surface area contributed by atoms with Crippen molar-refractivity contribution in [1.82, 2.24) is 4.90 Å². The topological polar surface area (TPSA) is 70.1 Å². The van der Waals surface area contributed by atoms with Gasteiger partial charge in [-0.25, -0.2) is 0 Å². The Labute approximate surface area is 93.6 Å². The molecule has 0 bridgehead atoms. The van der Waals surface area contributed by atoms with Crippen LogP contribution in [0.1, 0.15) is 10.4 Å². The third-order valence-electron chi connectivity index (χ3n) is 2.54. The number of hydrogen-bond acceptors (Lipinski definition) is 3. The summed E-state index contributed by atoms with van der Waals surface area (Å²) in [6.07, 6.45) is 0. The van der Waals surface area contributed by atoms with Crippen molar-refractivity contribution in [1.29, 1.82) is 5.26 Å². The first-order valence-corrected chi connectivity index (χ1v) is 4.94. The zero-order valence-electron chi connectivity index (χ0n) is 8.68. The van der Waals surface area contributed by atoms with Gasteiger partial charge in [-0.3, -0.25) is 4.79 Å². The molecule has 0 radical (unpaired) electrons. The molecule has 1 aliphatic heterocycles. The lowest BCUT2D eigenvalue weighted by Crippen LogP contribution is -2.30. The fourth-order valence-electron chi connectivity index (χ4n) is 1.66. The van der Waals surface area contributed by atoms with Crippen LogP contribution >= 0.6 is 0 Å². The van der Waals surface area contributed by atoms with Crippen LogP contribution in [-0.4, -0.2) is 23.9 Å². The molecule has 1 aromatic rings. The van der Waals surface area contributed by atoms with Gasteiger partial charge in [0.2, 0.25) is 0 Å². The molecule has 0 aliphatic carbocycles. The largest absolute Gasteiger partial charge is 0.400 e. The van der Waals surface area contributed by atoms with Crippen molar-refractivity contribution in [3.8, 4) is 6.07 Å². The Kier molecular flexibility index (Phi) is 2.61. The van der Waals surface area contributed by atoms with E-state index in [0.717, 1.165) is 0 Å². The number of hydrogen-bond donors (Lipinski definition) is 1. The van der Waals surface area contributed by atoms with E-state index in [0.29, 0.717) is 29.9 Å². The van der Waals surface area contributed by atoms with Gasteiger partial charge < -0.3 is 10.6 Å². The van der Waals surface area contributed by atoms with Gasteiger partial charge in [-0.15, -0.1) is 0 Å². The summed E-state index contributed by atoms with van der Waals surface area (Å²) in [6.45, 7) is 0.659. The minimum absolute atomic E-state index is 0.0891. The normalized spacial score (nSPS) is 15.1. The molecule has 1 aromatic carbocycles. The zero-order valence-corrected chi connectivity index (χ0v) is 8.68. The van der Waals surface area contributed by atoms with Crippen molar-refractivity contribution >= 4 is 5.91 Å². The maximum absolute atomic E-state index is 12.0. The summed E-state index contributed by atoms with van der Waals surface area (Å²) < 4.78 is 0. The summed E-state index contributed by atoms with van der Waals surface area (Å²) in [5.41, 5.74) is 7.26. The van der Waals surface area contributed by atoms with Crippen molar-refractivity contribution in [2.24, 2.45) is 5.73 Å². The lowest BCUT2D eigenvalue weighted by Gasteiger charge is -2.15. The molecule has 80 valence electrons. The van der Waals surface area contributed by atoms with Gasteiger partial charge in [-0.1, -0.05) is 18.2 Å². The highest BCUT2D eigenvalue weighted by Gasteiger charge is 2.24. The summed E-state index contributed by atoms with van der Waals surface area (Å²) in [5, 5.41) is 8.78. The molecule has 0 atom stereocenters. The van der Waals surface area contributed by atoms with Gasteiger partial charge >= 0.3 is 0 Å². The second-order valence-corrected chi connectivity index (χ2v) is 3.64. The van der Waals surface area contributed by atoms with Crippen molar-refractivity contribution in [2.45, 2.75) is 0 Å². The van der Waals surface area contributed by atoms with Crippen LogP contribution in [0.3, 0.4) is 0 Å². The summed E-state index contributed by atoms with van der Waals surface area (Å²) >= 11 is 0. The molecule has 0 saturated carbocycles. The van der Waals surface area contributed by atoms with Crippen LogP contribution in [0.25, 0.3) is 0 Å². The number of nitrogens with two attached hydrogens (primary N) is 1. The Morgan fingerprint density at radius 2 is 2.00 bits per heavy atom. The quantitative estimate of drug-likeness (QED) is 0.752. The van der Waals surface area contributed by atoms with E-state index >= 15 is 0 Å². The Bertz CT molecular complexity index is 485. The van der Waals surface area contributed by atoms with Crippen LogP contribution in [-0.2, 0) is 0 Å². The predicted octanol–water partition coefficient (Wildman–Crippen LogP) is 0.879. The first-order valence-electron chi connectivity index (χ1n) is 4.94. The molecule has 2 rings (SSSR count). The molecule has 16 heavy (non-hydrogen) atoms. The van der Waals surface area contributed by atoms with Crippen LogP contribution in [0, 0.1) is 11.3 Å². The first-order chi connectivity index (χ1) is 7.72. The average Bonchev–Trinajstić information content (AvgIpc) is 2.71. The van der Waals surface area contributed by atoms with Crippen molar-refractivity contribution in [3.05, 3.63) is 47.2 Å². The molecular formula is C12H11N3O. The zero-order chi connectivity index (χ0) is 11.5. The van der Waals surface area contributed by atoms with Crippen molar-refractivity contribution < 1.29 is 4.79 Å². The van der Waals surface area contributed by atoms with Gasteiger partial charge in [-0.05, 0) is 12.1 Å². The van der Waals surface area contributed by atoms with Crippen LogP contribution < -0.4 is 5.73 Å². The SMILES string of the molecule is N#CC1=C(N)CN(C(=O)c2ccccc2)C1. The fraction of sp³-hybridized carbons (Fsp3) is 0.167. The monoisotopic (exact) mass is 213 g/mol. The third kappa shape index (κ3) is 1.75. The Morgan fingerprint density at radius 1 is 1.31 bits per heavy atom. The minimum Gasteiger partial charge on any atom is -0.400 e. The Balaban J connectivity index is 2.14. The highest BCUT2D eigenvalue weighted by Crippen LogP contribution is 2.15. The molecule has 1 amide bonds. The molecule has 0 fully saturated rings. The fourth-order valence-corrected chi connectivity index (χ4v) is 1.66. The molecule has 4 heteroatoms. The molecular weight excluding hydrogens is 202 g/mol. The maximum Gasteiger partial charge on any atom is 0.254 e. The Morgan fingerprint density at radius 3 is 2.56 bits per heavy atom. The molecule has 1 heterocycles. The Hall–Kier alpha value is -2.28. The van der Waals surface area contributed by atoms with E-state index in [1.807, 2.05) is 24.3 Å². The molecule has 0 unspecified atom stereocenters. The molecule has 0 aromatic heterocycles.